The molecule has 1 aliphatic carbocycles. The molecule has 0 bridgehead atoms. The highest BCUT2D eigenvalue weighted by atomic mass is 32.2. The maximum atomic E-state index is 4.38. The van der Waals surface area contributed by atoms with Crippen LogP contribution in [0, 0.1) is 0 Å². The van der Waals surface area contributed by atoms with Gasteiger partial charge in [0.05, 0.1) is 0 Å². The van der Waals surface area contributed by atoms with Crippen molar-refractivity contribution in [1.82, 2.24) is 9.97 Å². The molecule has 0 aromatic carbocycles. The second kappa shape index (κ2) is 4.04. The van der Waals surface area contributed by atoms with Gasteiger partial charge in [-0.1, -0.05) is 11.8 Å². The molecule has 1 saturated carbocycles. The number of rotatable bonds is 4. The highest BCUT2D eigenvalue weighted by molar-refractivity contribution is 7.98. The van der Waals surface area contributed by atoms with Gasteiger partial charge in [0.2, 0.25) is 0 Å². The maximum absolute atomic E-state index is 4.38. The molecular formula is C9H14N4S. The van der Waals surface area contributed by atoms with E-state index in [1.165, 1.54) is 12.8 Å². The van der Waals surface area contributed by atoms with Gasteiger partial charge in [0.25, 0.3) is 0 Å². The second-order valence-electron chi connectivity index (χ2n) is 3.29. The molecule has 5 heteroatoms. The third-order valence-electron chi connectivity index (χ3n) is 2.07. The van der Waals surface area contributed by atoms with E-state index in [0.29, 0.717) is 6.04 Å². The Bertz CT molecular complexity index is 302. The number of nitrogens with zero attached hydrogens (tertiary/aromatic N) is 2. The Balaban J connectivity index is 2.19. The van der Waals surface area contributed by atoms with E-state index in [1.807, 2.05) is 19.4 Å². The summed E-state index contributed by atoms with van der Waals surface area (Å²) in [6, 6.07) is 2.57. The van der Waals surface area contributed by atoms with Gasteiger partial charge in [0, 0.05) is 19.2 Å². The van der Waals surface area contributed by atoms with Gasteiger partial charge in [-0.05, 0) is 19.1 Å². The van der Waals surface area contributed by atoms with Crippen molar-refractivity contribution < 1.29 is 0 Å². The first-order valence-electron chi connectivity index (χ1n) is 4.69. The molecule has 1 aromatic rings. The van der Waals surface area contributed by atoms with Crippen molar-refractivity contribution in [1.29, 1.82) is 0 Å². The lowest BCUT2D eigenvalue weighted by atomic mass is 10.5. The van der Waals surface area contributed by atoms with Crippen LogP contribution in [-0.2, 0) is 0 Å². The molecule has 0 atom stereocenters. The van der Waals surface area contributed by atoms with E-state index in [2.05, 4.69) is 20.6 Å². The van der Waals surface area contributed by atoms with Crippen LogP contribution in [0.5, 0.6) is 0 Å². The Labute approximate surface area is 87.9 Å². The molecule has 0 aliphatic heterocycles. The topological polar surface area (TPSA) is 49.8 Å². The van der Waals surface area contributed by atoms with Crippen molar-refractivity contribution in [2.75, 3.05) is 23.9 Å². The fourth-order valence-electron chi connectivity index (χ4n) is 1.16. The third-order valence-corrected chi connectivity index (χ3v) is 2.62. The fourth-order valence-corrected chi connectivity index (χ4v) is 1.53. The second-order valence-corrected chi connectivity index (χ2v) is 4.07. The van der Waals surface area contributed by atoms with Crippen molar-refractivity contribution in [3.05, 3.63) is 6.07 Å². The van der Waals surface area contributed by atoms with Crippen molar-refractivity contribution in [2.24, 2.45) is 0 Å². The lowest BCUT2D eigenvalue weighted by Crippen LogP contribution is -2.05. The number of thioether (sulfide) groups is 1. The van der Waals surface area contributed by atoms with Crippen molar-refractivity contribution in [3.8, 4) is 0 Å². The highest BCUT2D eigenvalue weighted by Gasteiger charge is 2.21. The minimum atomic E-state index is 0.629. The Morgan fingerprint density at radius 2 is 2.07 bits per heavy atom. The van der Waals surface area contributed by atoms with Gasteiger partial charge >= 0.3 is 0 Å². The number of anilines is 2. The smallest absolute Gasteiger partial charge is 0.191 e. The van der Waals surface area contributed by atoms with E-state index in [0.717, 1.165) is 16.8 Å². The van der Waals surface area contributed by atoms with E-state index in [-0.39, 0.29) is 0 Å². The molecule has 0 unspecified atom stereocenters. The molecule has 1 fully saturated rings. The fraction of sp³-hybridized carbons (Fsp3) is 0.556. The average molecular weight is 210 g/mol. The summed E-state index contributed by atoms with van der Waals surface area (Å²) in [6.45, 7) is 0. The molecule has 1 aromatic heterocycles. The molecule has 0 spiro atoms. The van der Waals surface area contributed by atoms with E-state index >= 15 is 0 Å². The van der Waals surface area contributed by atoms with Crippen LogP contribution in [0.15, 0.2) is 11.2 Å². The quantitative estimate of drug-likeness (QED) is 0.586. The van der Waals surface area contributed by atoms with Gasteiger partial charge < -0.3 is 10.6 Å². The molecular weight excluding hydrogens is 196 g/mol. The molecule has 2 N–H and O–H groups in total. The van der Waals surface area contributed by atoms with Gasteiger partial charge in [-0.2, -0.15) is 0 Å². The molecule has 4 nitrogen and oxygen atoms in total. The third kappa shape index (κ3) is 2.29. The van der Waals surface area contributed by atoms with E-state index < -0.39 is 0 Å². The van der Waals surface area contributed by atoms with E-state index in [9.17, 15) is 0 Å². The summed E-state index contributed by atoms with van der Waals surface area (Å²) in [6.07, 6.45) is 4.50. The Morgan fingerprint density at radius 3 is 2.64 bits per heavy atom. The summed E-state index contributed by atoms with van der Waals surface area (Å²) in [5.74, 6) is 1.80. The van der Waals surface area contributed by atoms with Crippen LogP contribution in [0.4, 0.5) is 11.6 Å². The van der Waals surface area contributed by atoms with E-state index in [1.54, 1.807) is 11.8 Å². The highest BCUT2D eigenvalue weighted by Crippen LogP contribution is 2.25. The van der Waals surface area contributed by atoms with Crippen molar-refractivity contribution in [2.45, 2.75) is 24.0 Å². The normalized spacial score (nSPS) is 15.3. The largest absolute Gasteiger partial charge is 0.373 e. The van der Waals surface area contributed by atoms with Gasteiger partial charge in [0.15, 0.2) is 5.16 Å². The summed E-state index contributed by atoms with van der Waals surface area (Å²) in [5, 5.41) is 7.20. The predicted molar refractivity (Wildman–Crippen MR) is 60.0 cm³/mol. The Morgan fingerprint density at radius 1 is 1.36 bits per heavy atom. The zero-order chi connectivity index (χ0) is 9.97. The van der Waals surface area contributed by atoms with Gasteiger partial charge in [-0.15, -0.1) is 0 Å². The predicted octanol–water partition coefficient (Wildman–Crippen LogP) is 1.81. The first kappa shape index (κ1) is 9.58. The zero-order valence-electron chi connectivity index (χ0n) is 8.37. The first-order valence-corrected chi connectivity index (χ1v) is 5.91. The molecule has 0 radical (unpaired) electrons. The number of aromatic nitrogens is 2. The van der Waals surface area contributed by atoms with Gasteiger partial charge in [0.1, 0.15) is 11.6 Å². The van der Waals surface area contributed by atoms with Gasteiger partial charge in [-0.3, -0.25) is 0 Å². The van der Waals surface area contributed by atoms with Crippen molar-refractivity contribution >= 4 is 23.4 Å². The number of nitrogens with one attached hydrogen (secondary N) is 2. The molecule has 0 amide bonds. The van der Waals surface area contributed by atoms with Crippen LogP contribution in [0.1, 0.15) is 12.8 Å². The summed E-state index contributed by atoms with van der Waals surface area (Å²) in [5.41, 5.74) is 0. The lowest BCUT2D eigenvalue weighted by molar-refractivity contribution is 0.957. The average Bonchev–Trinajstić information content (AvgIpc) is 3.01. The van der Waals surface area contributed by atoms with Crippen LogP contribution in [0.3, 0.4) is 0 Å². The minimum Gasteiger partial charge on any atom is -0.373 e. The summed E-state index contributed by atoms with van der Waals surface area (Å²) in [4.78, 5) is 8.68. The number of hydrogen-bond donors (Lipinski definition) is 2. The molecule has 1 heterocycles. The van der Waals surface area contributed by atoms with Gasteiger partial charge in [-0.25, -0.2) is 9.97 Å². The molecule has 0 saturated heterocycles. The monoisotopic (exact) mass is 210 g/mol. The lowest BCUT2D eigenvalue weighted by Gasteiger charge is -2.07. The van der Waals surface area contributed by atoms with Crippen LogP contribution in [0.25, 0.3) is 0 Å². The Hall–Kier alpha value is -0.970. The van der Waals surface area contributed by atoms with Crippen molar-refractivity contribution in [3.63, 3.8) is 0 Å². The SMILES string of the molecule is CNc1cc(NC2CC2)nc(SC)n1. The van der Waals surface area contributed by atoms with E-state index in [4.69, 9.17) is 0 Å². The first-order chi connectivity index (χ1) is 6.81. The van der Waals surface area contributed by atoms with Crippen LogP contribution in [-0.4, -0.2) is 29.3 Å². The van der Waals surface area contributed by atoms with Crippen LogP contribution < -0.4 is 10.6 Å². The van der Waals surface area contributed by atoms with Crippen LogP contribution in [0.2, 0.25) is 0 Å². The van der Waals surface area contributed by atoms with Crippen LogP contribution >= 0.6 is 11.8 Å². The zero-order valence-corrected chi connectivity index (χ0v) is 9.19. The Kier molecular flexibility index (Phi) is 2.77. The number of hydrogen-bond acceptors (Lipinski definition) is 5. The minimum absolute atomic E-state index is 0.629. The molecule has 14 heavy (non-hydrogen) atoms. The summed E-state index contributed by atoms with van der Waals surface area (Å²) >= 11 is 1.56. The standard InChI is InChI=1S/C9H14N4S/c1-10-7-5-8(11-6-3-4-6)13-9(12-7)14-2/h5-6H,3-4H2,1-2H3,(H2,10,11,12,13). The maximum Gasteiger partial charge on any atom is 0.191 e. The molecule has 2 rings (SSSR count). The summed E-state index contributed by atoms with van der Waals surface area (Å²) < 4.78 is 0. The summed E-state index contributed by atoms with van der Waals surface area (Å²) in [7, 11) is 1.87. The molecule has 76 valence electrons. The molecule has 1 aliphatic rings.